The molecule has 1 heterocycles. The zero-order valence-corrected chi connectivity index (χ0v) is 19.1. The number of hydrogen-bond donors (Lipinski definition) is 2. The van der Waals surface area contributed by atoms with Crippen LogP contribution in [0.1, 0.15) is 11.1 Å². The normalized spacial score (nSPS) is 10.3. The van der Waals surface area contributed by atoms with Crippen LogP contribution in [0.2, 0.25) is 0 Å². The van der Waals surface area contributed by atoms with Gasteiger partial charge >= 0.3 is 0 Å². The minimum Gasteiger partial charge on any atom is -0.497 e. The van der Waals surface area contributed by atoms with Crippen molar-refractivity contribution in [2.45, 2.75) is 0 Å². The number of benzene rings is 3. The molecule has 0 saturated heterocycles. The molecule has 35 heavy (non-hydrogen) atoms. The van der Waals surface area contributed by atoms with Gasteiger partial charge in [0.05, 0.1) is 12.8 Å². The molecule has 4 rings (SSSR count). The number of anilines is 1. The van der Waals surface area contributed by atoms with Crippen LogP contribution in [0.5, 0.6) is 5.75 Å². The van der Waals surface area contributed by atoms with E-state index < -0.39 is 5.91 Å². The van der Waals surface area contributed by atoms with E-state index in [1.54, 1.807) is 19.2 Å². The lowest BCUT2D eigenvalue weighted by molar-refractivity contribution is -0.122. The Bertz CT molecular complexity index is 1360. The number of carbonyl (C=O) groups excluding carboxylic acids is 1. The summed E-state index contributed by atoms with van der Waals surface area (Å²) in [4.78, 5) is 17.9. The van der Waals surface area contributed by atoms with E-state index in [4.69, 9.17) is 14.0 Å². The topological polar surface area (TPSA) is 96.5 Å². The van der Waals surface area contributed by atoms with Crippen molar-refractivity contribution in [1.29, 1.82) is 5.26 Å². The maximum Gasteiger partial charge on any atom is 0.255 e. The van der Waals surface area contributed by atoms with E-state index in [0.29, 0.717) is 17.0 Å². The highest BCUT2D eigenvalue weighted by molar-refractivity contribution is 5.96. The summed E-state index contributed by atoms with van der Waals surface area (Å²) in [6, 6.07) is 28.3. The van der Waals surface area contributed by atoms with Crippen LogP contribution in [0.3, 0.4) is 0 Å². The molecular formula is C28H23N3O4. The van der Waals surface area contributed by atoms with Crippen LogP contribution in [-0.2, 0) is 9.63 Å². The largest absolute Gasteiger partial charge is 0.497 e. The van der Waals surface area contributed by atoms with Crippen molar-refractivity contribution in [3.63, 3.8) is 0 Å². The fourth-order valence-electron chi connectivity index (χ4n) is 3.50. The van der Waals surface area contributed by atoms with Gasteiger partial charge in [-0.25, -0.2) is 0 Å². The average Bonchev–Trinajstić information content (AvgIpc) is 3.27. The zero-order chi connectivity index (χ0) is 24.6. The number of furan rings is 1. The van der Waals surface area contributed by atoms with Gasteiger partial charge in [0.25, 0.3) is 5.91 Å². The molecule has 0 spiro atoms. The van der Waals surface area contributed by atoms with Gasteiger partial charge in [-0.1, -0.05) is 67.2 Å². The summed E-state index contributed by atoms with van der Waals surface area (Å²) >= 11 is 0. The Kier molecular flexibility index (Phi) is 7.26. The molecule has 0 atom stereocenters. The number of ether oxygens (including phenoxy) is 1. The summed E-state index contributed by atoms with van der Waals surface area (Å²) in [6.07, 6.45) is 0. The van der Waals surface area contributed by atoms with E-state index in [0.717, 1.165) is 22.4 Å². The van der Waals surface area contributed by atoms with Crippen molar-refractivity contribution >= 4 is 17.5 Å². The van der Waals surface area contributed by atoms with Gasteiger partial charge in [-0.15, -0.1) is 0 Å². The third kappa shape index (κ3) is 5.41. The predicted molar refractivity (Wildman–Crippen MR) is 134 cm³/mol. The van der Waals surface area contributed by atoms with Crippen molar-refractivity contribution in [2.24, 2.45) is 0 Å². The van der Waals surface area contributed by atoms with Crippen LogP contribution in [0.15, 0.2) is 95.9 Å². The molecule has 7 nitrogen and oxygen atoms in total. The van der Waals surface area contributed by atoms with Crippen LogP contribution in [0.25, 0.3) is 28.1 Å². The second kappa shape index (κ2) is 10.9. The first kappa shape index (κ1) is 23.4. The number of nitrogens with one attached hydrogen (secondary N) is 2. The van der Waals surface area contributed by atoms with Crippen LogP contribution >= 0.6 is 0 Å². The van der Waals surface area contributed by atoms with E-state index in [1.165, 1.54) is 0 Å². The molecular weight excluding hydrogens is 442 g/mol. The Morgan fingerprint density at radius 2 is 1.60 bits per heavy atom. The lowest BCUT2D eigenvalue weighted by Crippen LogP contribution is -2.23. The summed E-state index contributed by atoms with van der Waals surface area (Å²) in [5.41, 5.74) is 6.36. The molecule has 174 valence electrons. The Morgan fingerprint density at radius 1 is 0.971 bits per heavy atom. The molecule has 0 aliphatic carbocycles. The van der Waals surface area contributed by atoms with Crippen molar-refractivity contribution in [3.05, 3.63) is 103 Å². The van der Waals surface area contributed by atoms with Gasteiger partial charge in [-0.2, -0.15) is 5.26 Å². The first-order valence-corrected chi connectivity index (χ1v) is 10.8. The number of carbonyl (C=O) groups is 1. The Hall–Kier alpha value is -4.80. The molecule has 1 aromatic heterocycles. The van der Waals surface area contributed by atoms with E-state index in [-0.39, 0.29) is 18.1 Å². The predicted octanol–water partition coefficient (Wildman–Crippen LogP) is 5.62. The van der Waals surface area contributed by atoms with E-state index in [2.05, 4.69) is 23.4 Å². The second-order valence-corrected chi connectivity index (χ2v) is 7.50. The van der Waals surface area contributed by atoms with Crippen LogP contribution in [0, 0.1) is 11.3 Å². The fraction of sp³-hybridized carbons (Fsp3) is 0.0714. The minimum absolute atomic E-state index is 0.0628. The smallest absolute Gasteiger partial charge is 0.255 e. The summed E-state index contributed by atoms with van der Waals surface area (Å²) in [5, 5.41) is 12.6. The summed E-state index contributed by atoms with van der Waals surface area (Å²) in [7, 11) is 1.59. The monoisotopic (exact) mass is 465 g/mol. The second-order valence-electron chi connectivity index (χ2n) is 7.50. The van der Waals surface area contributed by atoms with Gasteiger partial charge in [-0.3, -0.25) is 20.4 Å². The average molecular weight is 466 g/mol. The molecule has 0 aliphatic heterocycles. The first-order chi connectivity index (χ1) is 17.1. The molecule has 0 aliphatic rings. The molecule has 3 aromatic carbocycles. The molecule has 1 amide bonds. The highest BCUT2D eigenvalue weighted by Crippen LogP contribution is 2.41. The highest BCUT2D eigenvalue weighted by atomic mass is 16.6. The van der Waals surface area contributed by atoms with Crippen molar-refractivity contribution in [3.8, 4) is 34.3 Å². The number of methoxy groups -OCH3 is 1. The molecule has 2 N–H and O–H groups in total. The Labute approximate surface area is 203 Å². The number of rotatable bonds is 9. The summed E-state index contributed by atoms with van der Waals surface area (Å²) in [5.74, 6) is 0.784. The Morgan fingerprint density at radius 3 is 2.20 bits per heavy atom. The fourth-order valence-corrected chi connectivity index (χ4v) is 3.50. The minimum atomic E-state index is -0.496. The van der Waals surface area contributed by atoms with Gasteiger partial charge in [0.2, 0.25) is 5.88 Å². The van der Waals surface area contributed by atoms with E-state index >= 15 is 0 Å². The maximum absolute atomic E-state index is 12.6. The third-order valence-electron chi connectivity index (χ3n) is 5.21. The number of nitrogens with zero attached hydrogens (tertiary/aromatic N) is 1. The van der Waals surface area contributed by atoms with Gasteiger partial charge in [-0.05, 0) is 35.4 Å². The van der Waals surface area contributed by atoms with Gasteiger partial charge in [0.15, 0.2) is 6.61 Å². The van der Waals surface area contributed by atoms with Crippen molar-refractivity contribution in [1.82, 2.24) is 5.48 Å². The number of hydroxylamine groups is 1. The zero-order valence-electron chi connectivity index (χ0n) is 19.1. The highest BCUT2D eigenvalue weighted by Gasteiger charge is 2.24. The summed E-state index contributed by atoms with van der Waals surface area (Å²) in [6.45, 7) is 3.57. The van der Waals surface area contributed by atoms with E-state index in [9.17, 15) is 10.1 Å². The Balaban J connectivity index is 1.49. The van der Waals surface area contributed by atoms with Crippen LogP contribution < -0.4 is 15.5 Å². The van der Waals surface area contributed by atoms with E-state index in [1.807, 2.05) is 72.8 Å². The lowest BCUT2D eigenvalue weighted by Gasteiger charge is -2.10. The maximum atomic E-state index is 12.6. The van der Waals surface area contributed by atoms with Crippen molar-refractivity contribution in [2.75, 3.05) is 19.0 Å². The quantitative estimate of drug-likeness (QED) is 0.311. The van der Waals surface area contributed by atoms with Crippen LogP contribution in [-0.4, -0.2) is 19.6 Å². The molecule has 0 radical (unpaired) electrons. The van der Waals surface area contributed by atoms with Crippen LogP contribution in [0.4, 0.5) is 5.88 Å². The number of nitriles is 1. The van der Waals surface area contributed by atoms with Gasteiger partial charge in [0.1, 0.15) is 23.1 Å². The SMILES string of the molecule is C=C(NOCC(=O)Nc1oc(-c2ccccc2)c(-c2ccccc2)c1C#N)c1ccc(OC)cc1. The molecule has 0 fully saturated rings. The standard InChI is InChI=1S/C28H23N3O4/c1-19(20-13-15-23(33-2)16-14-20)31-34-18-25(32)30-28-24(17-29)26(21-9-5-3-6-10-21)27(35-28)22-11-7-4-8-12-22/h3-16,31H,1,18H2,2H3,(H,30,32). The lowest BCUT2D eigenvalue weighted by atomic mass is 9.98. The first-order valence-electron chi connectivity index (χ1n) is 10.8. The molecule has 4 aromatic rings. The molecule has 0 bridgehead atoms. The molecule has 0 unspecified atom stereocenters. The van der Waals surface area contributed by atoms with Crippen molar-refractivity contribution < 1.29 is 18.8 Å². The number of hydrogen-bond acceptors (Lipinski definition) is 6. The molecule has 0 saturated carbocycles. The summed E-state index contributed by atoms with van der Waals surface area (Å²) < 4.78 is 11.1. The number of amides is 1. The third-order valence-corrected chi connectivity index (χ3v) is 5.21. The van der Waals surface area contributed by atoms with Gasteiger partial charge in [0, 0.05) is 11.1 Å². The van der Waals surface area contributed by atoms with Gasteiger partial charge < -0.3 is 9.15 Å². The molecule has 7 heteroatoms.